The molecule has 2 aromatic heterocycles. The number of hydrogen-bond acceptors (Lipinski definition) is 7. The van der Waals surface area contributed by atoms with Crippen molar-refractivity contribution in [2.75, 3.05) is 13.1 Å². The van der Waals surface area contributed by atoms with Crippen LogP contribution in [0.1, 0.15) is 55.1 Å². The Balaban J connectivity index is 1.92. The molecule has 162 valence electrons. The fraction of sp³-hybridized carbons (Fsp3) is 0.375. The lowest BCUT2D eigenvalue weighted by atomic mass is 9.93. The van der Waals surface area contributed by atoms with E-state index in [0.29, 0.717) is 29.4 Å². The smallest absolute Gasteiger partial charge is 0.103 e. The van der Waals surface area contributed by atoms with Crippen molar-refractivity contribution in [1.29, 1.82) is 5.26 Å². The van der Waals surface area contributed by atoms with Crippen LogP contribution in [-0.4, -0.2) is 29.1 Å². The molecule has 7 heteroatoms. The minimum absolute atomic E-state index is 0.147. The highest BCUT2D eigenvalue weighted by Crippen LogP contribution is 2.26. The summed E-state index contributed by atoms with van der Waals surface area (Å²) in [7, 11) is 0. The summed E-state index contributed by atoms with van der Waals surface area (Å²) >= 11 is 0. The first kappa shape index (κ1) is 22.3. The summed E-state index contributed by atoms with van der Waals surface area (Å²) < 4.78 is 0. The van der Waals surface area contributed by atoms with Crippen LogP contribution in [0.15, 0.2) is 48.6 Å². The molecule has 1 aliphatic rings. The number of nitrogens with zero attached hydrogens (tertiary/aromatic N) is 3. The van der Waals surface area contributed by atoms with Crippen LogP contribution in [-0.2, 0) is 6.42 Å². The summed E-state index contributed by atoms with van der Waals surface area (Å²) in [5.41, 5.74) is 17.5. The van der Waals surface area contributed by atoms with E-state index in [-0.39, 0.29) is 5.92 Å². The van der Waals surface area contributed by atoms with Gasteiger partial charge in [-0.05, 0) is 63.0 Å². The Morgan fingerprint density at radius 1 is 1.35 bits per heavy atom. The lowest BCUT2D eigenvalue weighted by Gasteiger charge is -2.26. The molecule has 0 bridgehead atoms. The number of aromatic nitrogens is 2. The molecule has 7 nitrogen and oxygen atoms in total. The van der Waals surface area contributed by atoms with Gasteiger partial charge in [-0.25, -0.2) is 0 Å². The molecule has 0 saturated carbocycles. The maximum atomic E-state index is 9.50. The summed E-state index contributed by atoms with van der Waals surface area (Å²) in [6.45, 7) is 6.14. The van der Waals surface area contributed by atoms with Crippen molar-refractivity contribution in [2.45, 2.75) is 45.1 Å². The van der Waals surface area contributed by atoms with Gasteiger partial charge in [0.1, 0.15) is 6.07 Å². The average molecular weight is 418 g/mol. The van der Waals surface area contributed by atoms with Gasteiger partial charge in [0.15, 0.2) is 0 Å². The Hall–Kier alpha value is -3.37. The second-order valence-corrected chi connectivity index (χ2v) is 7.99. The predicted molar refractivity (Wildman–Crippen MR) is 124 cm³/mol. The Bertz CT molecular complexity index is 983. The molecule has 1 fully saturated rings. The van der Waals surface area contributed by atoms with Crippen LogP contribution in [0, 0.1) is 11.3 Å². The van der Waals surface area contributed by atoms with Crippen molar-refractivity contribution < 1.29 is 0 Å². The molecule has 31 heavy (non-hydrogen) atoms. The van der Waals surface area contributed by atoms with E-state index in [4.69, 9.17) is 11.5 Å². The van der Waals surface area contributed by atoms with Crippen molar-refractivity contribution in [3.05, 3.63) is 71.1 Å². The fourth-order valence-electron chi connectivity index (χ4n) is 3.89. The van der Waals surface area contributed by atoms with E-state index in [1.807, 2.05) is 31.2 Å². The zero-order valence-corrected chi connectivity index (χ0v) is 18.2. The number of allylic oxidation sites excluding steroid dienone is 2. The van der Waals surface area contributed by atoms with E-state index < -0.39 is 0 Å². The number of piperidine rings is 1. The zero-order valence-electron chi connectivity index (χ0n) is 18.2. The SMILES string of the molecule is C/C(NC1CCNCC1)=C(/N)c1cnc(/C(C#N)=C\N)c(CC(C)c2ccccn2)c1. The molecular weight excluding hydrogens is 386 g/mol. The molecule has 0 radical (unpaired) electrons. The normalized spacial score (nSPS) is 16.9. The van der Waals surface area contributed by atoms with E-state index in [1.165, 1.54) is 6.20 Å². The third-order valence-electron chi connectivity index (χ3n) is 5.70. The minimum Gasteiger partial charge on any atom is -0.403 e. The summed E-state index contributed by atoms with van der Waals surface area (Å²) in [5, 5.41) is 16.4. The fourth-order valence-corrected chi connectivity index (χ4v) is 3.89. The topological polar surface area (TPSA) is 126 Å². The van der Waals surface area contributed by atoms with Crippen molar-refractivity contribution in [2.24, 2.45) is 11.5 Å². The highest BCUT2D eigenvalue weighted by atomic mass is 15.0. The van der Waals surface area contributed by atoms with Gasteiger partial charge < -0.3 is 22.1 Å². The van der Waals surface area contributed by atoms with Crippen LogP contribution in [0.25, 0.3) is 11.3 Å². The lowest BCUT2D eigenvalue weighted by molar-refractivity contribution is 0.412. The molecule has 2 aromatic rings. The molecule has 3 heterocycles. The maximum Gasteiger partial charge on any atom is 0.103 e. The largest absolute Gasteiger partial charge is 0.403 e. The Morgan fingerprint density at radius 2 is 2.13 bits per heavy atom. The monoisotopic (exact) mass is 417 g/mol. The number of nitrogens with two attached hydrogens (primary N) is 2. The quantitative estimate of drug-likeness (QED) is 0.510. The minimum atomic E-state index is 0.147. The maximum absolute atomic E-state index is 9.50. The Morgan fingerprint density at radius 3 is 2.77 bits per heavy atom. The highest BCUT2D eigenvalue weighted by Gasteiger charge is 2.18. The molecule has 1 unspecified atom stereocenters. The number of nitriles is 1. The first-order valence-corrected chi connectivity index (χ1v) is 10.7. The first-order chi connectivity index (χ1) is 15.0. The van der Waals surface area contributed by atoms with Gasteiger partial charge in [-0.3, -0.25) is 9.97 Å². The van der Waals surface area contributed by atoms with Crippen molar-refractivity contribution >= 4 is 11.3 Å². The van der Waals surface area contributed by atoms with Gasteiger partial charge in [0, 0.05) is 47.5 Å². The zero-order chi connectivity index (χ0) is 22.2. The summed E-state index contributed by atoms with van der Waals surface area (Å²) in [6, 6.07) is 10.5. The molecular formula is C24H31N7. The standard InChI is InChI=1S/C24H31N7/c1-16(22-5-3-4-8-29-22)11-18-12-19(15-30-24(18)20(13-25)14-26)23(27)17(2)31-21-6-9-28-10-7-21/h3-5,8,12-13,15-16,21,28,31H,6-7,9-11,25,27H2,1-2H3/b20-13-,23-17-. The van der Waals surface area contributed by atoms with Gasteiger partial charge in [0.05, 0.1) is 17.0 Å². The van der Waals surface area contributed by atoms with Crippen LogP contribution < -0.4 is 22.1 Å². The molecule has 1 aliphatic heterocycles. The van der Waals surface area contributed by atoms with Gasteiger partial charge in [0.25, 0.3) is 0 Å². The summed E-state index contributed by atoms with van der Waals surface area (Å²) in [4.78, 5) is 9.04. The molecule has 1 saturated heterocycles. The highest BCUT2D eigenvalue weighted by molar-refractivity contribution is 5.77. The molecule has 3 rings (SSSR count). The van der Waals surface area contributed by atoms with Crippen molar-refractivity contribution in [3.8, 4) is 6.07 Å². The number of rotatable bonds is 7. The number of nitrogens with one attached hydrogen (secondary N) is 2. The second kappa shape index (κ2) is 10.6. The van der Waals surface area contributed by atoms with Gasteiger partial charge in [-0.1, -0.05) is 13.0 Å². The van der Waals surface area contributed by atoms with Gasteiger partial charge >= 0.3 is 0 Å². The molecule has 0 amide bonds. The Kier molecular flexibility index (Phi) is 7.63. The van der Waals surface area contributed by atoms with E-state index in [1.54, 1.807) is 12.4 Å². The Labute approximate surface area is 184 Å². The second-order valence-electron chi connectivity index (χ2n) is 7.99. The third-order valence-corrected chi connectivity index (χ3v) is 5.70. The first-order valence-electron chi connectivity index (χ1n) is 10.7. The average Bonchev–Trinajstić information content (AvgIpc) is 2.81. The molecule has 0 spiro atoms. The summed E-state index contributed by atoms with van der Waals surface area (Å²) in [6.07, 6.45) is 7.62. The van der Waals surface area contributed by atoms with Gasteiger partial charge in [0.2, 0.25) is 0 Å². The molecule has 1 atom stereocenters. The van der Waals surface area contributed by atoms with Crippen molar-refractivity contribution in [1.82, 2.24) is 20.6 Å². The lowest BCUT2D eigenvalue weighted by Crippen LogP contribution is -2.39. The van der Waals surface area contributed by atoms with E-state index in [9.17, 15) is 5.26 Å². The van der Waals surface area contributed by atoms with Crippen LogP contribution in [0.4, 0.5) is 0 Å². The number of hydrogen-bond donors (Lipinski definition) is 4. The van der Waals surface area contributed by atoms with Gasteiger partial charge in [-0.15, -0.1) is 0 Å². The molecule has 0 aliphatic carbocycles. The van der Waals surface area contributed by atoms with Crippen LogP contribution in [0.5, 0.6) is 0 Å². The van der Waals surface area contributed by atoms with E-state index in [2.05, 4.69) is 33.6 Å². The van der Waals surface area contributed by atoms with Crippen LogP contribution in [0.3, 0.4) is 0 Å². The molecule has 0 aromatic carbocycles. The molecule has 6 N–H and O–H groups in total. The van der Waals surface area contributed by atoms with Gasteiger partial charge in [-0.2, -0.15) is 5.26 Å². The third kappa shape index (κ3) is 5.62. The van der Waals surface area contributed by atoms with E-state index >= 15 is 0 Å². The van der Waals surface area contributed by atoms with E-state index in [0.717, 1.165) is 48.4 Å². The predicted octanol–water partition coefficient (Wildman–Crippen LogP) is 2.63. The summed E-state index contributed by atoms with van der Waals surface area (Å²) in [5.74, 6) is 0.147. The van der Waals surface area contributed by atoms with Crippen LogP contribution in [0.2, 0.25) is 0 Å². The number of pyridine rings is 2. The van der Waals surface area contributed by atoms with Crippen LogP contribution >= 0.6 is 0 Å². The van der Waals surface area contributed by atoms with Crippen molar-refractivity contribution in [3.63, 3.8) is 0 Å².